The Kier molecular flexibility index (Phi) is 4.51. The highest BCUT2D eigenvalue weighted by atomic mass is 16.6. The summed E-state index contributed by atoms with van der Waals surface area (Å²) >= 11 is 0. The maximum Gasteiger partial charge on any atom is 0.287 e. The minimum absolute atomic E-state index is 0.0599. The molecular formula is C14H15N5O2. The van der Waals surface area contributed by atoms with E-state index in [0.717, 1.165) is 6.54 Å². The Morgan fingerprint density at radius 2 is 2.38 bits per heavy atom. The molecule has 7 nitrogen and oxygen atoms in total. The fourth-order valence-electron chi connectivity index (χ4n) is 1.98. The van der Waals surface area contributed by atoms with Crippen molar-refractivity contribution in [2.24, 2.45) is 5.92 Å². The second-order valence-electron chi connectivity index (χ2n) is 4.82. The summed E-state index contributed by atoms with van der Waals surface area (Å²) in [5, 5.41) is 27.0. The summed E-state index contributed by atoms with van der Waals surface area (Å²) < 4.78 is 1.85. The quantitative estimate of drug-likeness (QED) is 0.649. The van der Waals surface area contributed by atoms with Gasteiger partial charge in [0.2, 0.25) is 0 Å². The Morgan fingerprint density at radius 1 is 1.57 bits per heavy atom. The van der Waals surface area contributed by atoms with Crippen LogP contribution in [0.1, 0.15) is 12.5 Å². The smallest absolute Gasteiger partial charge is 0.287 e. The molecule has 0 spiro atoms. The lowest BCUT2D eigenvalue weighted by molar-refractivity contribution is -0.385. The van der Waals surface area contributed by atoms with Crippen molar-refractivity contribution in [2.75, 3.05) is 11.9 Å². The topological polar surface area (TPSA) is 96.8 Å². The third kappa shape index (κ3) is 3.79. The zero-order chi connectivity index (χ0) is 15.2. The van der Waals surface area contributed by atoms with Crippen LogP contribution in [-0.4, -0.2) is 21.2 Å². The molecule has 1 atom stereocenters. The van der Waals surface area contributed by atoms with Gasteiger partial charge in [-0.2, -0.15) is 10.4 Å². The third-order valence-electron chi connectivity index (χ3n) is 3.03. The van der Waals surface area contributed by atoms with Crippen LogP contribution in [0.25, 0.3) is 0 Å². The minimum atomic E-state index is -0.553. The number of nitro benzene ring substituents is 1. The SMILES string of the molecule is C[C@@H](CNc1ccc([N+](=O)[O-])c(C#N)c1)Cn1cccn1. The first-order valence-electron chi connectivity index (χ1n) is 6.50. The van der Waals surface area contributed by atoms with Crippen molar-refractivity contribution in [1.82, 2.24) is 9.78 Å². The molecule has 0 saturated heterocycles. The lowest BCUT2D eigenvalue weighted by atomic mass is 10.1. The molecule has 1 aromatic carbocycles. The molecule has 2 rings (SSSR count). The van der Waals surface area contributed by atoms with Gasteiger partial charge in [-0.1, -0.05) is 6.92 Å². The summed E-state index contributed by atoms with van der Waals surface area (Å²) in [5.41, 5.74) is 0.585. The van der Waals surface area contributed by atoms with E-state index in [4.69, 9.17) is 5.26 Å². The molecule has 1 heterocycles. The average molecular weight is 285 g/mol. The second kappa shape index (κ2) is 6.52. The van der Waals surface area contributed by atoms with Crippen LogP contribution in [0.5, 0.6) is 0 Å². The van der Waals surface area contributed by atoms with Gasteiger partial charge in [0, 0.05) is 37.2 Å². The van der Waals surface area contributed by atoms with E-state index in [2.05, 4.69) is 17.3 Å². The molecule has 0 radical (unpaired) electrons. The first-order chi connectivity index (χ1) is 10.1. The van der Waals surface area contributed by atoms with Crippen LogP contribution >= 0.6 is 0 Å². The van der Waals surface area contributed by atoms with Gasteiger partial charge in [0.1, 0.15) is 11.6 Å². The highest BCUT2D eigenvalue weighted by molar-refractivity contribution is 5.58. The summed E-state index contributed by atoms with van der Waals surface area (Å²) in [6.07, 6.45) is 3.63. The number of anilines is 1. The maximum atomic E-state index is 10.8. The van der Waals surface area contributed by atoms with Crippen LogP contribution in [-0.2, 0) is 6.54 Å². The number of rotatable bonds is 6. The molecule has 0 aliphatic rings. The Bertz CT molecular complexity index is 660. The number of hydrogen-bond acceptors (Lipinski definition) is 5. The molecule has 1 aromatic heterocycles. The molecule has 108 valence electrons. The molecule has 0 bridgehead atoms. The van der Waals surface area contributed by atoms with Crippen molar-refractivity contribution in [3.8, 4) is 6.07 Å². The van der Waals surface area contributed by atoms with Gasteiger partial charge in [-0.25, -0.2) is 0 Å². The number of nitrogens with zero attached hydrogens (tertiary/aromatic N) is 4. The molecular weight excluding hydrogens is 270 g/mol. The van der Waals surface area contributed by atoms with Gasteiger partial charge < -0.3 is 5.32 Å². The Hall–Kier alpha value is -2.88. The van der Waals surface area contributed by atoms with Gasteiger partial charge >= 0.3 is 0 Å². The van der Waals surface area contributed by atoms with E-state index in [1.807, 2.05) is 23.0 Å². The predicted molar refractivity (Wildman–Crippen MR) is 77.7 cm³/mol. The molecule has 21 heavy (non-hydrogen) atoms. The molecule has 1 N–H and O–H groups in total. The molecule has 7 heteroatoms. The summed E-state index contributed by atoms with van der Waals surface area (Å²) in [6, 6.07) is 8.17. The lowest BCUT2D eigenvalue weighted by Crippen LogP contribution is -2.17. The Morgan fingerprint density at radius 3 is 3.00 bits per heavy atom. The normalized spacial score (nSPS) is 11.6. The van der Waals surface area contributed by atoms with E-state index in [-0.39, 0.29) is 11.3 Å². The van der Waals surface area contributed by atoms with E-state index in [1.54, 1.807) is 12.3 Å². The fraction of sp³-hybridized carbons (Fsp3) is 0.286. The summed E-state index contributed by atoms with van der Waals surface area (Å²) in [5.74, 6) is 0.325. The minimum Gasteiger partial charge on any atom is -0.385 e. The monoisotopic (exact) mass is 285 g/mol. The van der Waals surface area contributed by atoms with Crippen LogP contribution in [0.2, 0.25) is 0 Å². The maximum absolute atomic E-state index is 10.8. The summed E-state index contributed by atoms with van der Waals surface area (Å²) in [7, 11) is 0. The zero-order valence-corrected chi connectivity index (χ0v) is 11.6. The van der Waals surface area contributed by atoms with Crippen LogP contribution in [0.3, 0.4) is 0 Å². The molecule has 0 aliphatic carbocycles. The van der Waals surface area contributed by atoms with Gasteiger partial charge in [0.25, 0.3) is 5.69 Å². The van der Waals surface area contributed by atoms with Crippen molar-refractivity contribution in [3.63, 3.8) is 0 Å². The number of hydrogen-bond donors (Lipinski definition) is 1. The fourth-order valence-corrected chi connectivity index (χ4v) is 1.98. The summed E-state index contributed by atoms with van der Waals surface area (Å²) in [6.45, 7) is 3.53. The first-order valence-corrected chi connectivity index (χ1v) is 6.50. The van der Waals surface area contributed by atoms with Crippen molar-refractivity contribution in [1.29, 1.82) is 5.26 Å². The van der Waals surface area contributed by atoms with E-state index >= 15 is 0 Å². The van der Waals surface area contributed by atoms with Crippen LogP contribution in [0.15, 0.2) is 36.7 Å². The third-order valence-corrected chi connectivity index (χ3v) is 3.03. The molecule has 0 amide bonds. The number of nitrogens with one attached hydrogen (secondary N) is 1. The first kappa shape index (κ1) is 14.5. The number of nitro groups is 1. The van der Waals surface area contributed by atoms with E-state index in [9.17, 15) is 10.1 Å². The van der Waals surface area contributed by atoms with Crippen molar-refractivity contribution >= 4 is 11.4 Å². The molecule has 0 aliphatic heterocycles. The Labute approximate surface area is 122 Å². The van der Waals surface area contributed by atoms with Gasteiger partial charge in [0.05, 0.1) is 4.92 Å². The van der Waals surface area contributed by atoms with Crippen molar-refractivity contribution in [2.45, 2.75) is 13.5 Å². The second-order valence-corrected chi connectivity index (χ2v) is 4.82. The highest BCUT2D eigenvalue weighted by Gasteiger charge is 2.13. The number of aromatic nitrogens is 2. The highest BCUT2D eigenvalue weighted by Crippen LogP contribution is 2.22. The molecule has 0 fully saturated rings. The largest absolute Gasteiger partial charge is 0.385 e. The van der Waals surface area contributed by atoms with Gasteiger partial charge in [-0.3, -0.25) is 14.8 Å². The van der Waals surface area contributed by atoms with E-state index in [0.29, 0.717) is 18.2 Å². The van der Waals surface area contributed by atoms with E-state index < -0.39 is 4.92 Å². The molecule has 0 unspecified atom stereocenters. The standard InChI is InChI=1S/C14H15N5O2/c1-11(10-18-6-2-5-17-18)9-16-13-3-4-14(19(20)21)12(7-13)8-15/h2-7,11,16H,9-10H2,1H3/t11-/m0/s1. The zero-order valence-electron chi connectivity index (χ0n) is 11.6. The number of benzene rings is 1. The van der Waals surface area contributed by atoms with Crippen LogP contribution in [0, 0.1) is 27.4 Å². The average Bonchev–Trinajstić information content (AvgIpc) is 2.97. The number of nitriles is 1. The van der Waals surface area contributed by atoms with Crippen molar-refractivity contribution in [3.05, 3.63) is 52.3 Å². The van der Waals surface area contributed by atoms with Crippen LogP contribution in [0.4, 0.5) is 11.4 Å². The van der Waals surface area contributed by atoms with Gasteiger partial charge in [-0.15, -0.1) is 0 Å². The lowest BCUT2D eigenvalue weighted by Gasteiger charge is -2.13. The predicted octanol–water partition coefficient (Wildman–Crippen LogP) is 2.41. The van der Waals surface area contributed by atoms with E-state index in [1.165, 1.54) is 12.1 Å². The summed E-state index contributed by atoms with van der Waals surface area (Å²) in [4.78, 5) is 10.2. The van der Waals surface area contributed by atoms with Crippen LogP contribution < -0.4 is 5.32 Å². The van der Waals surface area contributed by atoms with Gasteiger partial charge in [0.15, 0.2) is 0 Å². The van der Waals surface area contributed by atoms with Gasteiger partial charge in [-0.05, 0) is 24.1 Å². The van der Waals surface area contributed by atoms with Crippen molar-refractivity contribution < 1.29 is 4.92 Å². The Balaban J connectivity index is 1.97. The molecule has 2 aromatic rings. The molecule has 0 saturated carbocycles.